The van der Waals surface area contributed by atoms with Crippen molar-refractivity contribution in [3.05, 3.63) is 61.5 Å². The number of halogens is 3. The molecule has 0 amide bonds. The lowest BCUT2D eigenvalue weighted by molar-refractivity contribution is 0.409. The fourth-order valence-electron chi connectivity index (χ4n) is 2.05. The van der Waals surface area contributed by atoms with Gasteiger partial charge in [-0.15, -0.1) is 0 Å². The number of rotatable bonds is 5. The molecule has 0 heterocycles. The number of ether oxygens (including phenoxy) is 1. The Bertz CT molecular complexity index is 593. The Kier molecular flexibility index (Phi) is 6.11. The number of hydrogen-bond donors (Lipinski definition) is 1. The summed E-state index contributed by atoms with van der Waals surface area (Å²) in [5, 5.41) is 4.26. The molecule has 2 nitrogen and oxygen atoms in total. The van der Waals surface area contributed by atoms with E-state index in [0.29, 0.717) is 0 Å². The van der Waals surface area contributed by atoms with Crippen LogP contribution in [0.4, 0.5) is 0 Å². The van der Waals surface area contributed by atoms with E-state index >= 15 is 0 Å². The van der Waals surface area contributed by atoms with Gasteiger partial charge in [0.15, 0.2) is 0 Å². The average Bonchev–Trinajstić information content (AvgIpc) is 2.45. The molecule has 0 aliphatic heterocycles. The minimum atomic E-state index is 0.252. The number of hydrogen-bond acceptors (Lipinski definition) is 2. The lowest BCUT2D eigenvalue weighted by atomic mass is 10.1. The van der Waals surface area contributed by atoms with Crippen molar-refractivity contribution >= 4 is 43.5 Å². The summed E-state index contributed by atoms with van der Waals surface area (Å²) >= 11 is 13.0. The summed E-state index contributed by atoms with van der Waals surface area (Å²) in [6.45, 7) is 2.90. The molecule has 0 aliphatic carbocycles. The van der Waals surface area contributed by atoms with Crippen molar-refractivity contribution in [3.8, 4) is 5.75 Å². The Hall–Kier alpha value is -0.550. The SMILES string of the molecule is COc1c(Br)cc(CNC(C)c2ccc(Cl)cc2)cc1Br. The number of nitrogens with one attached hydrogen (secondary N) is 1. The Morgan fingerprint density at radius 3 is 2.24 bits per heavy atom. The minimum Gasteiger partial charge on any atom is -0.494 e. The highest BCUT2D eigenvalue weighted by Gasteiger charge is 2.09. The van der Waals surface area contributed by atoms with Gasteiger partial charge in [-0.3, -0.25) is 0 Å². The maximum atomic E-state index is 5.91. The second-order valence-electron chi connectivity index (χ2n) is 4.75. The third kappa shape index (κ3) is 4.46. The van der Waals surface area contributed by atoms with Crippen LogP contribution in [0, 0.1) is 0 Å². The fraction of sp³-hybridized carbons (Fsp3) is 0.250. The Morgan fingerprint density at radius 1 is 1.14 bits per heavy atom. The van der Waals surface area contributed by atoms with Crippen LogP contribution in [-0.4, -0.2) is 7.11 Å². The van der Waals surface area contributed by atoms with Gasteiger partial charge in [0.25, 0.3) is 0 Å². The van der Waals surface area contributed by atoms with Crippen LogP contribution in [0.5, 0.6) is 5.75 Å². The average molecular weight is 434 g/mol. The molecule has 0 fully saturated rings. The molecule has 0 aromatic heterocycles. The third-order valence-electron chi connectivity index (χ3n) is 3.24. The second-order valence-corrected chi connectivity index (χ2v) is 6.89. The van der Waals surface area contributed by atoms with E-state index in [4.69, 9.17) is 16.3 Å². The molecule has 21 heavy (non-hydrogen) atoms. The highest BCUT2D eigenvalue weighted by Crippen LogP contribution is 2.34. The molecular formula is C16H16Br2ClNO. The summed E-state index contributed by atoms with van der Waals surface area (Å²) in [6, 6.07) is 12.3. The quantitative estimate of drug-likeness (QED) is 0.651. The normalized spacial score (nSPS) is 12.2. The van der Waals surface area contributed by atoms with Gasteiger partial charge in [-0.05, 0) is 74.2 Å². The molecule has 2 rings (SSSR count). The zero-order valence-electron chi connectivity index (χ0n) is 11.8. The van der Waals surface area contributed by atoms with Crippen LogP contribution in [0.25, 0.3) is 0 Å². The Balaban J connectivity index is 2.04. The highest BCUT2D eigenvalue weighted by molar-refractivity contribution is 9.11. The zero-order valence-corrected chi connectivity index (χ0v) is 15.7. The molecule has 5 heteroatoms. The summed E-state index contributed by atoms with van der Waals surface area (Å²) in [5.74, 6) is 0.810. The van der Waals surface area contributed by atoms with E-state index in [1.807, 2.05) is 24.3 Å². The van der Waals surface area contributed by atoms with Crippen LogP contribution in [0.15, 0.2) is 45.3 Å². The van der Waals surface area contributed by atoms with Crippen molar-refractivity contribution in [2.75, 3.05) is 7.11 Å². The summed E-state index contributed by atoms with van der Waals surface area (Å²) in [7, 11) is 1.66. The van der Waals surface area contributed by atoms with E-state index < -0.39 is 0 Å². The van der Waals surface area contributed by atoms with Gasteiger partial charge in [0.1, 0.15) is 5.75 Å². The van der Waals surface area contributed by atoms with Crippen LogP contribution >= 0.6 is 43.5 Å². The van der Waals surface area contributed by atoms with Crippen LogP contribution in [0.3, 0.4) is 0 Å². The molecule has 2 aromatic rings. The van der Waals surface area contributed by atoms with E-state index in [1.165, 1.54) is 11.1 Å². The van der Waals surface area contributed by atoms with Gasteiger partial charge in [0.2, 0.25) is 0 Å². The molecular weight excluding hydrogens is 417 g/mol. The molecule has 1 atom stereocenters. The lowest BCUT2D eigenvalue weighted by Crippen LogP contribution is -2.18. The van der Waals surface area contributed by atoms with Gasteiger partial charge in [-0.2, -0.15) is 0 Å². The minimum absolute atomic E-state index is 0.252. The Morgan fingerprint density at radius 2 is 1.71 bits per heavy atom. The van der Waals surface area contributed by atoms with Crippen molar-refractivity contribution < 1.29 is 4.74 Å². The zero-order chi connectivity index (χ0) is 15.4. The van der Waals surface area contributed by atoms with Crippen LogP contribution in [-0.2, 0) is 6.54 Å². The smallest absolute Gasteiger partial charge is 0.147 e. The molecule has 0 radical (unpaired) electrons. The molecule has 2 aromatic carbocycles. The van der Waals surface area contributed by atoms with Crippen molar-refractivity contribution in [3.63, 3.8) is 0 Å². The van der Waals surface area contributed by atoms with Gasteiger partial charge in [0, 0.05) is 17.6 Å². The predicted octanol–water partition coefficient (Wildman–Crippen LogP) is 5.72. The number of methoxy groups -OCH3 is 1. The molecule has 0 spiro atoms. The second kappa shape index (κ2) is 7.63. The molecule has 0 bridgehead atoms. The third-order valence-corrected chi connectivity index (χ3v) is 4.67. The maximum absolute atomic E-state index is 5.91. The topological polar surface area (TPSA) is 21.3 Å². The summed E-state index contributed by atoms with van der Waals surface area (Å²) in [4.78, 5) is 0. The maximum Gasteiger partial charge on any atom is 0.147 e. The lowest BCUT2D eigenvalue weighted by Gasteiger charge is -2.15. The molecule has 0 aliphatic rings. The van der Waals surface area contributed by atoms with E-state index in [0.717, 1.165) is 26.3 Å². The molecule has 1 N–H and O–H groups in total. The van der Waals surface area contributed by atoms with Crippen LogP contribution in [0.1, 0.15) is 24.1 Å². The molecule has 112 valence electrons. The van der Waals surface area contributed by atoms with E-state index in [2.05, 4.69) is 56.2 Å². The first-order chi connectivity index (χ1) is 10.0. The van der Waals surface area contributed by atoms with E-state index in [9.17, 15) is 0 Å². The summed E-state index contributed by atoms with van der Waals surface area (Å²) in [5.41, 5.74) is 2.39. The van der Waals surface area contributed by atoms with Gasteiger partial charge in [-0.25, -0.2) is 0 Å². The van der Waals surface area contributed by atoms with Crippen molar-refractivity contribution in [2.45, 2.75) is 19.5 Å². The summed E-state index contributed by atoms with van der Waals surface area (Å²) < 4.78 is 7.19. The molecule has 0 saturated heterocycles. The predicted molar refractivity (Wildman–Crippen MR) is 95.1 cm³/mol. The van der Waals surface area contributed by atoms with Gasteiger partial charge >= 0.3 is 0 Å². The molecule has 0 saturated carbocycles. The standard InChI is InChI=1S/C16H16Br2ClNO/c1-10(12-3-5-13(19)6-4-12)20-9-11-7-14(17)16(21-2)15(18)8-11/h3-8,10,20H,9H2,1-2H3. The monoisotopic (exact) mass is 431 g/mol. The highest BCUT2D eigenvalue weighted by atomic mass is 79.9. The van der Waals surface area contributed by atoms with Crippen LogP contribution < -0.4 is 10.1 Å². The largest absolute Gasteiger partial charge is 0.494 e. The first kappa shape index (κ1) is 16.8. The Labute approximate surface area is 147 Å². The first-order valence-corrected chi connectivity index (χ1v) is 8.48. The van der Waals surface area contributed by atoms with Crippen molar-refractivity contribution in [2.24, 2.45) is 0 Å². The van der Waals surface area contributed by atoms with Crippen LogP contribution in [0.2, 0.25) is 5.02 Å². The van der Waals surface area contributed by atoms with Gasteiger partial charge in [-0.1, -0.05) is 23.7 Å². The van der Waals surface area contributed by atoms with Gasteiger partial charge < -0.3 is 10.1 Å². The first-order valence-electron chi connectivity index (χ1n) is 6.52. The fourth-order valence-corrected chi connectivity index (χ4v) is 3.78. The van der Waals surface area contributed by atoms with E-state index in [1.54, 1.807) is 7.11 Å². The summed E-state index contributed by atoms with van der Waals surface area (Å²) in [6.07, 6.45) is 0. The molecule has 1 unspecified atom stereocenters. The van der Waals surface area contributed by atoms with Crippen molar-refractivity contribution in [1.29, 1.82) is 0 Å². The van der Waals surface area contributed by atoms with Crippen molar-refractivity contribution in [1.82, 2.24) is 5.32 Å². The van der Waals surface area contributed by atoms with E-state index in [-0.39, 0.29) is 6.04 Å². The number of benzene rings is 2. The van der Waals surface area contributed by atoms with Gasteiger partial charge in [0.05, 0.1) is 16.1 Å².